The van der Waals surface area contributed by atoms with Gasteiger partial charge in [-0.3, -0.25) is 14.3 Å². The smallest absolute Gasteiger partial charge is 0.330 e. The lowest BCUT2D eigenvalue weighted by molar-refractivity contribution is 0.470. The van der Waals surface area contributed by atoms with Gasteiger partial charge in [0.15, 0.2) is 5.65 Å². The van der Waals surface area contributed by atoms with E-state index in [0.717, 1.165) is 25.7 Å². The molecule has 0 atom stereocenters. The van der Waals surface area contributed by atoms with Crippen LogP contribution in [0.3, 0.4) is 0 Å². The van der Waals surface area contributed by atoms with Crippen LogP contribution in [0.5, 0.6) is 0 Å². The minimum Gasteiger partial charge on any atom is -0.424 e. The summed E-state index contributed by atoms with van der Waals surface area (Å²) in [5.74, 6) is 2.50. The van der Waals surface area contributed by atoms with Crippen molar-refractivity contribution in [2.24, 2.45) is 0 Å². The van der Waals surface area contributed by atoms with Gasteiger partial charge in [-0.2, -0.15) is 0 Å². The molecule has 0 aromatic carbocycles. The minimum absolute atomic E-state index is 0.111. The number of fused-ring (bicyclic) bond motifs is 1. The molecule has 27 heavy (non-hydrogen) atoms. The summed E-state index contributed by atoms with van der Waals surface area (Å²) in [5.41, 5.74) is -0.391. The number of aromatic nitrogens is 6. The number of thioether (sulfide) groups is 1. The molecule has 3 heterocycles. The van der Waals surface area contributed by atoms with Crippen molar-refractivity contribution in [2.75, 3.05) is 0 Å². The van der Waals surface area contributed by atoms with Gasteiger partial charge in [-0.05, 0) is 25.7 Å². The second kappa shape index (κ2) is 6.29. The summed E-state index contributed by atoms with van der Waals surface area (Å²) in [4.78, 5) is 36.6. The van der Waals surface area contributed by atoms with Crippen molar-refractivity contribution in [2.45, 2.75) is 61.8 Å². The Morgan fingerprint density at radius 3 is 2.59 bits per heavy atom. The highest BCUT2D eigenvalue weighted by Crippen LogP contribution is 2.41. The van der Waals surface area contributed by atoms with Crippen LogP contribution < -0.4 is 11.2 Å². The highest BCUT2D eigenvalue weighted by atomic mass is 32.2. The Morgan fingerprint density at radius 2 is 1.93 bits per heavy atom. The topological polar surface area (TPSA) is 120 Å². The number of nitrogens with zero attached hydrogens (tertiary/aromatic N) is 5. The zero-order chi connectivity index (χ0) is 18.5. The van der Waals surface area contributed by atoms with Gasteiger partial charge in [0.05, 0.1) is 5.75 Å². The van der Waals surface area contributed by atoms with Crippen LogP contribution in [0.4, 0.5) is 0 Å². The lowest BCUT2D eigenvalue weighted by Crippen LogP contribution is -2.31. The second-order valence-electron chi connectivity index (χ2n) is 6.95. The van der Waals surface area contributed by atoms with Gasteiger partial charge in [0, 0.05) is 18.4 Å². The van der Waals surface area contributed by atoms with Gasteiger partial charge in [0.2, 0.25) is 11.8 Å². The van der Waals surface area contributed by atoms with Crippen LogP contribution in [-0.2, 0) is 12.2 Å². The Hall–Kier alpha value is -2.49. The minimum atomic E-state index is -0.448. The molecule has 3 aromatic heterocycles. The summed E-state index contributed by atoms with van der Waals surface area (Å²) in [6, 6.07) is 0.111. The molecule has 0 spiro atoms. The molecule has 140 valence electrons. The lowest BCUT2D eigenvalue weighted by Gasteiger charge is -2.11. The van der Waals surface area contributed by atoms with Crippen LogP contribution in [0.25, 0.3) is 11.0 Å². The van der Waals surface area contributed by atoms with Crippen molar-refractivity contribution in [3.05, 3.63) is 38.4 Å². The summed E-state index contributed by atoms with van der Waals surface area (Å²) in [6.45, 7) is 1.95. The first-order chi connectivity index (χ1) is 13.1. The fourth-order valence-electron chi connectivity index (χ4n) is 3.05. The van der Waals surface area contributed by atoms with Crippen molar-refractivity contribution in [3.8, 4) is 0 Å². The fourth-order valence-corrected chi connectivity index (χ4v) is 3.92. The third-order valence-corrected chi connectivity index (χ3v) is 5.73. The number of hydrogen-bond acceptors (Lipinski definition) is 8. The molecular weight excluding hydrogens is 368 g/mol. The molecule has 9 nitrogen and oxygen atoms in total. The molecule has 0 bridgehead atoms. The van der Waals surface area contributed by atoms with Gasteiger partial charge in [-0.25, -0.2) is 14.8 Å². The van der Waals surface area contributed by atoms with E-state index in [1.165, 1.54) is 11.8 Å². The highest BCUT2D eigenvalue weighted by molar-refractivity contribution is 7.98. The van der Waals surface area contributed by atoms with E-state index in [9.17, 15) is 9.59 Å². The predicted molar refractivity (Wildman–Crippen MR) is 97.9 cm³/mol. The van der Waals surface area contributed by atoms with E-state index in [-0.39, 0.29) is 6.04 Å². The Morgan fingerprint density at radius 1 is 1.15 bits per heavy atom. The molecule has 2 aliphatic carbocycles. The van der Waals surface area contributed by atoms with Gasteiger partial charge < -0.3 is 4.42 Å². The number of aryl methyl sites for hydroxylation is 1. The summed E-state index contributed by atoms with van der Waals surface area (Å²) < 4.78 is 7.17. The fraction of sp³-hybridized carbons (Fsp3) is 0.529. The molecule has 10 heteroatoms. The summed E-state index contributed by atoms with van der Waals surface area (Å²) in [7, 11) is 0. The van der Waals surface area contributed by atoms with E-state index in [2.05, 4.69) is 25.1 Å². The Kier molecular flexibility index (Phi) is 3.88. The first-order valence-corrected chi connectivity index (χ1v) is 10.1. The van der Waals surface area contributed by atoms with Crippen molar-refractivity contribution in [1.82, 2.24) is 29.7 Å². The van der Waals surface area contributed by atoms with Crippen LogP contribution in [0.1, 0.15) is 62.2 Å². The lowest BCUT2D eigenvalue weighted by atomic mass is 10.3. The number of nitrogens with one attached hydrogen (secondary N) is 1. The molecule has 2 saturated carbocycles. The molecule has 5 rings (SSSR count). The zero-order valence-corrected chi connectivity index (χ0v) is 15.6. The van der Waals surface area contributed by atoms with Crippen molar-refractivity contribution >= 4 is 22.8 Å². The maximum absolute atomic E-state index is 12.6. The first kappa shape index (κ1) is 16.7. The first-order valence-electron chi connectivity index (χ1n) is 9.14. The van der Waals surface area contributed by atoms with E-state index in [1.807, 2.05) is 6.92 Å². The second-order valence-corrected chi connectivity index (χ2v) is 7.92. The Bertz CT molecular complexity index is 1140. The van der Waals surface area contributed by atoms with Crippen LogP contribution in [0, 0.1) is 0 Å². The highest BCUT2D eigenvalue weighted by Gasteiger charge is 2.32. The number of rotatable bonds is 6. The maximum Gasteiger partial charge on any atom is 0.330 e. The monoisotopic (exact) mass is 386 g/mol. The van der Waals surface area contributed by atoms with Crippen LogP contribution in [-0.4, -0.2) is 29.7 Å². The standard InChI is InChI=1S/C17H18N6O3S/c1-2-10-21-22-11(26-10)7-27-16-12-14(18-13(19-16)8-3-4-8)23(9-5-6-9)17(25)20-15(12)24/h8-9H,2-7H2,1H3,(H,20,24,25). The normalized spacial score (nSPS) is 16.9. The van der Waals surface area contributed by atoms with Gasteiger partial charge in [0.1, 0.15) is 16.2 Å². The Balaban J connectivity index is 1.62. The van der Waals surface area contributed by atoms with E-state index in [0.29, 0.717) is 51.8 Å². The molecule has 0 amide bonds. The van der Waals surface area contributed by atoms with Crippen LogP contribution >= 0.6 is 11.8 Å². The molecule has 2 fully saturated rings. The van der Waals surface area contributed by atoms with Gasteiger partial charge in [0.25, 0.3) is 5.56 Å². The summed E-state index contributed by atoms with van der Waals surface area (Å²) >= 11 is 1.36. The SMILES string of the molecule is CCc1nnc(CSc2nc(C3CC3)nc3c2c(=O)[nH]c(=O)n3C2CC2)o1. The van der Waals surface area contributed by atoms with Crippen LogP contribution in [0.2, 0.25) is 0 Å². The molecule has 0 saturated heterocycles. The quantitative estimate of drug-likeness (QED) is 0.504. The van der Waals surface area contributed by atoms with Crippen molar-refractivity contribution < 1.29 is 4.42 Å². The van der Waals surface area contributed by atoms with Gasteiger partial charge >= 0.3 is 5.69 Å². The third-order valence-electron chi connectivity index (χ3n) is 4.77. The molecule has 0 aliphatic heterocycles. The van der Waals surface area contributed by atoms with Crippen molar-refractivity contribution in [1.29, 1.82) is 0 Å². The Labute approximate surface area is 157 Å². The summed E-state index contributed by atoms with van der Waals surface area (Å²) in [5, 5.41) is 8.92. The largest absolute Gasteiger partial charge is 0.424 e. The van der Waals surface area contributed by atoms with Crippen molar-refractivity contribution in [3.63, 3.8) is 0 Å². The molecule has 0 unspecified atom stereocenters. The average molecular weight is 386 g/mol. The molecular formula is C17H18N6O3S. The molecule has 2 aliphatic rings. The number of aromatic amines is 1. The van der Waals surface area contributed by atoms with Gasteiger partial charge in [-0.1, -0.05) is 18.7 Å². The van der Waals surface area contributed by atoms with Crippen LogP contribution in [0.15, 0.2) is 19.0 Å². The van der Waals surface area contributed by atoms with Gasteiger partial charge in [-0.15, -0.1) is 10.2 Å². The molecule has 1 N–H and O–H groups in total. The van der Waals surface area contributed by atoms with E-state index in [4.69, 9.17) is 4.42 Å². The number of H-pyrrole nitrogens is 1. The average Bonchev–Trinajstić information content (AvgIpc) is 3.58. The number of hydrogen-bond donors (Lipinski definition) is 1. The summed E-state index contributed by atoms with van der Waals surface area (Å²) in [6.07, 6.45) is 4.60. The van der Waals surface area contributed by atoms with E-state index in [1.54, 1.807) is 4.57 Å². The molecule has 0 radical (unpaired) electrons. The maximum atomic E-state index is 12.6. The molecule has 3 aromatic rings. The third kappa shape index (κ3) is 3.07. The van der Waals surface area contributed by atoms with E-state index < -0.39 is 11.2 Å². The van der Waals surface area contributed by atoms with E-state index >= 15 is 0 Å². The zero-order valence-electron chi connectivity index (χ0n) is 14.8. The predicted octanol–water partition coefficient (Wildman–Crippen LogP) is 1.93.